The maximum Gasteiger partial charge on any atom is 0.254 e. The topological polar surface area (TPSA) is 61.4 Å². The van der Waals surface area contributed by atoms with Crippen LogP contribution in [0.15, 0.2) is 24.3 Å². The van der Waals surface area contributed by atoms with Crippen LogP contribution in [-0.2, 0) is 4.79 Å². The first-order chi connectivity index (χ1) is 9.61. The van der Waals surface area contributed by atoms with Crippen LogP contribution in [0.25, 0.3) is 0 Å². The highest BCUT2D eigenvalue weighted by Gasteiger charge is 2.26. The molecular weight excluding hydrogens is 254 g/mol. The lowest BCUT2D eigenvalue weighted by Gasteiger charge is -2.27. The van der Waals surface area contributed by atoms with Gasteiger partial charge in [0, 0.05) is 37.3 Å². The summed E-state index contributed by atoms with van der Waals surface area (Å²) in [6.07, 6.45) is 0.991. The molecule has 1 atom stereocenters. The molecule has 1 saturated heterocycles. The highest BCUT2D eigenvalue weighted by molar-refractivity contribution is 5.97. The molecule has 1 aliphatic rings. The van der Waals surface area contributed by atoms with Crippen LogP contribution in [-0.4, -0.2) is 42.4 Å². The zero-order valence-corrected chi connectivity index (χ0v) is 12.0. The van der Waals surface area contributed by atoms with E-state index in [1.165, 1.54) is 6.92 Å². The summed E-state index contributed by atoms with van der Waals surface area (Å²) in [5.41, 5.74) is 1.27. The van der Waals surface area contributed by atoms with E-state index < -0.39 is 0 Å². The fourth-order valence-electron chi connectivity index (χ4n) is 2.57. The molecule has 2 amide bonds. The Bertz CT molecular complexity index is 496. The number of rotatable bonds is 4. The van der Waals surface area contributed by atoms with Gasteiger partial charge in [0.15, 0.2) is 0 Å². The second-order valence-corrected chi connectivity index (χ2v) is 5.00. The van der Waals surface area contributed by atoms with Crippen molar-refractivity contribution in [1.82, 2.24) is 10.2 Å². The van der Waals surface area contributed by atoms with Gasteiger partial charge in [0.1, 0.15) is 0 Å². The Labute approximate surface area is 119 Å². The summed E-state index contributed by atoms with van der Waals surface area (Å²) in [5, 5.41) is 5.98. The molecule has 0 saturated carbocycles. The second-order valence-electron chi connectivity index (χ2n) is 5.00. The summed E-state index contributed by atoms with van der Waals surface area (Å²) in [6, 6.07) is 7.36. The smallest absolute Gasteiger partial charge is 0.254 e. The zero-order chi connectivity index (χ0) is 14.5. The van der Waals surface area contributed by atoms with Crippen molar-refractivity contribution in [2.75, 3.05) is 25.0 Å². The number of amides is 2. The number of hydrogen-bond acceptors (Lipinski definition) is 3. The summed E-state index contributed by atoms with van der Waals surface area (Å²) in [6.45, 7) is 5.95. The number of carbonyl (C=O) groups is 2. The molecule has 20 heavy (non-hydrogen) atoms. The molecule has 2 N–H and O–H groups in total. The predicted molar refractivity (Wildman–Crippen MR) is 78.7 cm³/mol. The monoisotopic (exact) mass is 275 g/mol. The van der Waals surface area contributed by atoms with Gasteiger partial charge >= 0.3 is 0 Å². The van der Waals surface area contributed by atoms with Gasteiger partial charge in [0.25, 0.3) is 5.91 Å². The maximum atomic E-state index is 12.6. The minimum atomic E-state index is -0.137. The fraction of sp³-hybridized carbons (Fsp3) is 0.467. The average molecular weight is 275 g/mol. The van der Waals surface area contributed by atoms with Crippen LogP contribution < -0.4 is 10.6 Å². The number of benzene rings is 1. The van der Waals surface area contributed by atoms with Crippen LogP contribution in [0.1, 0.15) is 30.6 Å². The van der Waals surface area contributed by atoms with Gasteiger partial charge in [-0.25, -0.2) is 0 Å². The molecule has 1 aromatic rings. The number of nitrogens with zero attached hydrogens (tertiary/aromatic N) is 1. The van der Waals surface area contributed by atoms with Gasteiger partial charge in [-0.1, -0.05) is 6.07 Å². The third-order valence-corrected chi connectivity index (χ3v) is 3.51. The van der Waals surface area contributed by atoms with E-state index in [2.05, 4.69) is 10.6 Å². The van der Waals surface area contributed by atoms with Gasteiger partial charge in [-0.2, -0.15) is 0 Å². The standard InChI is InChI=1S/C15H21N3O2/c1-3-18(14-7-8-16-10-14)15(20)12-5-4-6-13(9-12)17-11(2)19/h4-6,9,14,16H,3,7-8,10H2,1-2H3,(H,17,19). The maximum absolute atomic E-state index is 12.6. The van der Waals surface area contributed by atoms with E-state index in [-0.39, 0.29) is 17.9 Å². The first-order valence-corrected chi connectivity index (χ1v) is 7.01. The Hall–Kier alpha value is -1.88. The van der Waals surface area contributed by atoms with Gasteiger partial charge in [0.2, 0.25) is 5.91 Å². The van der Waals surface area contributed by atoms with Crippen LogP contribution in [0.4, 0.5) is 5.69 Å². The number of nitrogens with one attached hydrogen (secondary N) is 2. The van der Waals surface area contributed by atoms with E-state index in [1.54, 1.807) is 24.3 Å². The van der Waals surface area contributed by atoms with E-state index in [1.807, 2.05) is 11.8 Å². The van der Waals surface area contributed by atoms with E-state index in [0.717, 1.165) is 19.5 Å². The Morgan fingerprint density at radius 2 is 2.25 bits per heavy atom. The molecule has 5 nitrogen and oxygen atoms in total. The van der Waals surface area contributed by atoms with Crippen molar-refractivity contribution in [1.29, 1.82) is 0 Å². The SMILES string of the molecule is CCN(C(=O)c1cccc(NC(C)=O)c1)C1CCNC1. The molecule has 0 radical (unpaired) electrons. The third kappa shape index (κ3) is 3.36. The fourth-order valence-corrected chi connectivity index (χ4v) is 2.57. The van der Waals surface area contributed by atoms with Gasteiger partial charge in [-0.05, 0) is 38.1 Å². The largest absolute Gasteiger partial charge is 0.335 e. The molecule has 1 aromatic carbocycles. The number of carbonyl (C=O) groups excluding carboxylic acids is 2. The lowest BCUT2D eigenvalue weighted by molar-refractivity contribution is -0.114. The van der Waals surface area contributed by atoms with Crippen LogP contribution >= 0.6 is 0 Å². The molecule has 1 fully saturated rings. The van der Waals surface area contributed by atoms with Crippen molar-refractivity contribution < 1.29 is 9.59 Å². The van der Waals surface area contributed by atoms with Crippen molar-refractivity contribution in [3.05, 3.63) is 29.8 Å². The molecule has 2 rings (SSSR count). The van der Waals surface area contributed by atoms with E-state index in [4.69, 9.17) is 0 Å². The lowest BCUT2D eigenvalue weighted by Crippen LogP contribution is -2.41. The van der Waals surface area contributed by atoms with E-state index in [0.29, 0.717) is 17.8 Å². The van der Waals surface area contributed by atoms with Crippen molar-refractivity contribution in [3.8, 4) is 0 Å². The van der Waals surface area contributed by atoms with Gasteiger partial charge in [-0.3, -0.25) is 9.59 Å². The highest BCUT2D eigenvalue weighted by Crippen LogP contribution is 2.16. The normalized spacial score (nSPS) is 17.8. The molecule has 0 spiro atoms. The molecule has 0 bridgehead atoms. The molecular formula is C15H21N3O2. The molecule has 0 aliphatic carbocycles. The quantitative estimate of drug-likeness (QED) is 0.874. The number of anilines is 1. The van der Waals surface area contributed by atoms with Crippen LogP contribution in [0, 0.1) is 0 Å². The summed E-state index contributed by atoms with van der Waals surface area (Å²) in [4.78, 5) is 25.6. The summed E-state index contributed by atoms with van der Waals surface area (Å²) in [7, 11) is 0. The van der Waals surface area contributed by atoms with Crippen molar-refractivity contribution >= 4 is 17.5 Å². The molecule has 5 heteroatoms. The van der Waals surface area contributed by atoms with Crippen LogP contribution in [0.5, 0.6) is 0 Å². The Morgan fingerprint density at radius 3 is 2.85 bits per heavy atom. The third-order valence-electron chi connectivity index (χ3n) is 3.51. The zero-order valence-electron chi connectivity index (χ0n) is 12.0. The Kier molecular flexibility index (Phi) is 4.74. The summed E-state index contributed by atoms with van der Waals surface area (Å²) in [5.74, 6) is -0.115. The molecule has 1 unspecified atom stereocenters. The minimum absolute atomic E-state index is 0.0217. The first-order valence-electron chi connectivity index (χ1n) is 7.01. The van der Waals surface area contributed by atoms with Gasteiger partial charge in [0.05, 0.1) is 0 Å². The summed E-state index contributed by atoms with van der Waals surface area (Å²) >= 11 is 0. The van der Waals surface area contributed by atoms with Gasteiger partial charge < -0.3 is 15.5 Å². The van der Waals surface area contributed by atoms with E-state index in [9.17, 15) is 9.59 Å². The average Bonchev–Trinajstić information content (AvgIpc) is 2.93. The lowest BCUT2D eigenvalue weighted by atomic mass is 10.1. The second kappa shape index (κ2) is 6.52. The van der Waals surface area contributed by atoms with E-state index >= 15 is 0 Å². The molecule has 108 valence electrons. The minimum Gasteiger partial charge on any atom is -0.335 e. The molecule has 1 aliphatic heterocycles. The van der Waals surface area contributed by atoms with Gasteiger partial charge in [-0.15, -0.1) is 0 Å². The number of likely N-dealkylation sites (N-methyl/N-ethyl adjacent to an activating group) is 1. The molecule has 0 aromatic heterocycles. The van der Waals surface area contributed by atoms with Crippen molar-refractivity contribution in [2.24, 2.45) is 0 Å². The van der Waals surface area contributed by atoms with Crippen molar-refractivity contribution in [2.45, 2.75) is 26.3 Å². The highest BCUT2D eigenvalue weighted by atomic mass is 16.2. The Morgan fingerprint density at radius 1 is 1.45 bits per heavy atom. The first kappa shape index (κ1) is 14.5. The van der Waals surface area contributed by atoms with Crippen molar-refractivity contribution in [3.63, 3.8) is 0 Å². The number of hydrogen-bond donors (Lipinski definition) is 2. The summed E-state index contributed by atoms with van der Waals surface area (Å²) < 4.78 is 0. The van der Waals surface area contributed by atoms with Crippen LogP contribution in [0.2, 0.25) is 0 Å². The van der Waals surface area contributed by atoms with Crippen LogP contribution in [0.3, 0.4) is 0 Å². The molecule has 1 heterocycles. The Balaban J connectivity index is 2.16. The predicted octanol–water partition coefficient (Wildman–Crippen LogP) is 1.47.